The SMILES string of the molecule is CC(=O)NC1=NN(C(C)=O)[C@@H](c2ccc(OCCCOc3ccccc3)c(Cl)c2)S1. The first-order valence-electron chi connectivity index (χ1n) is 9.37. The van der Waals surface area contributed by atoms with E-state index in [0.717, 1.165) is 11.3 Å². The number of halogens is 1. The van der Waals surface area contributed by atoms with E-state index in [9.17, 15) is 9.59 Å². The Morgan fingerprint density at radius 2 is 1.87 bits per heavy atom. The second-order valence-electron chi connectivity index (χ2n) is 6.47. The van der Waals surface area contributed by atoms with E-state index in [1.807, 2.05) is 36.4 Å². The largest absolute Gasteiger partial charge is 0.493 e. The number of amides is 2. The molecule has 0 aliphatic carbocycles. The van der Waals surface area contributed by atoms with Crippen LogP contribution in [0.2, 0.25) is 5.02 Å². The predicted octanol–water partition coefficient (Wildman–Crippen LogP) is 4.19. The minimum atomic E-state index is -0.407. The molecule has 2 aromatic carbocycles. The molecule has 1 atom stereocenters. The highest BCUT2D eigenvalue weighted by atomic mass is 35.5. The Bertz CT molecular complexity index is 939. The topological polar surface area (TPSA) is 80.2 Å². The fourth-order valence-electron chi connectivity index (χ4n) is 2.71. The molecular formula is C21H22ClN3O4S. The van der Waals surface area contributed by atoms with E-state index in [1.54, 1.807) is 12.1 Å². The predicted molar refractivity (Wildman–Crippen MR) is 118 cm³/mol. The number of hydrazone groups is 1. The van der Waals surface area contributed by atoms with Gasteiger partial charge in [-0.2, -0.15) is 0 Å². The molecule has 0 saturated carbocycles. The Balaban J connectivity index is 1.55. The minimum absolute atomic E-state index is 0.234. The highest BCUT2D eigenvalue weighted by molar-refractivity contribution is 8.14. The van der Waals surface area contributed by atoms with Crippen molar-refractivity contribution in [3.8, 4) is 11.5 Å². The van der Waals surface area contributed by atoms with Crippen molar-refractivity contribution >= 4 is 40.3 Å². The average molecular weight is 448 g/mol. The van der Waals surface area contributed by atoms with Gasteiger partial charge >= 0.3 is 0 Å². The van der Waals surface area contributed by atoms with Crippen molar-refractivity contribution in [1.82, 2.24) is 10.3 Å². The number of ether oxygens (including phenoxy) is 2. The van der Waals surface area contributed by atoms with Gasteiger partial charge in [0.05, 0.1) is 18.2 Å². The molecule has 1 aliphatic rings. The molecular weight excluding hydrogens is 426 g/mol. The van der Waals surface area contributed by atoms with Crippen LogP contribution in [0.15, 0.2) is 53.6 Å². The zero-order chi connectivity index (χ0) is 21.5. The molecule has 2 aromatic rings. The molecule has 1 N–H and O–H groups in total. The number of hydrogen-bond acceptors (Lipinski definition) is 6. The summed E-state index contributed by atoms with van der Waals surface area (Å²) in [6.45, 7) is 3.81. The van der Waals surface area contributed by atoms with Crippen LogP contribution in [-0.2, 0) is 9.59 Å². The summed E-state index contributed by atoms with van der Waals surface area (Å²) >= 11 is 7.66. The van der Waals surface area contributed by atoms with Crippen LogP contribution in [0.25, 0.3) is 0 Å². The number of thioether (sulfide) groups is 1. The van der Waals surface area contributed by atoms with Crippen LogP contribution in [-0.4, -0.2) is 35.2 Å². The van der Waals surface area contributed by atoms with Crippen molar-refractivity contribution in [2.24, 2.45) is 5.10 Å². The number of benzene rings is 2. The third-order valence-electron chi connectivity index (χ3n) is 4.05. The molecule has 0 fully saturated rings. The van der Waals surface area contributed by atoms with Crippen molar-refractivity contribution in [2.75, 3.05) is 13.2 Å². The van der Waals surface area contributed by atoms with Gasteiger partial charge in [-0.1, -0.05) is 47.6 Å². The Morgan fingerprint density at radius 1 is 1.13 bits per heavy atom. The zero-order valence-electron chi connectivity index (χ0n) is 16.6. The molecule has 0 unspecified atom stereocenters. The summed E-state index contributed by atoms with van der Waals surface area (Å²) in [6, 6.07) is 14.9. The quantitative estimate of drug-likeness (QED) is 0.644. The first-order valence-corrected chi connectivity index (χ1v) is 10.6. The number of rotatable bonds is 7. The number of hydrogen-bond donors (Lipinski definition) is 1. The van der Waals surface area contributed by atoms with E-state index in [0.29, 0.717) is 35.6 Å². The summed E-state index contributed by atoms with van der Waals surface area (Å²) in [7, 11) is 0. The number of para-hydroxylation sites is 1. The summed E-state index contributed by atoms with van der Waals surface area (Å²) in [5.41, 5.74) is 0.782. The van der Waals surface area contributed by atoms with Gasteiger partial charge in [0.25, 0.3) is 0 Å². The van der Waals surface area contributed by atoms with E-state index < -0.39 is 5.37 Å². The molecule has 2 amide bonds. The highest BCUT2D eigenvalue weighted by Gasteiger charge is 2.32. The van der Waals surface area contributed by atoms with E-state index >= 15 is 0 Å². The van der Waals surface area contributed by atoms with Gasteiger partial charge in [-0.15, -0.1) is 5.10 Å². The lowest BCUT2D eigenvalue weighted by atomic mass is 10.2. The van der Waals surface area contributed by atoms with Gasteiger partial charge in [0.1, 0.15) is 16.9 Å². The third-order valence-corrected chi connectivity index (χ3v) is 5.45. The maximum atomic E-state index is 11.9. The molecule has 0 radical (unpaired) electrons. The monoisotopic (exact) mass is 447 g/mol. The first kappa shape index (κ1) is 22.0. The zero-order valence-corrected chi connectivity index (χ0v) is 18.2. The van der Waals surface area contributed by atoms with Crippen molar-refractivity contribution < 1.29 is 19.1 Å². The smallest absolute Gasteiger partial charge is 0.241 e. The number of nitrogens with zero attached hydrogens (tertiary/aromatic N) is 2. The molecule has 1 heterocycles. The molecule has 30 heavy (non-hydrogen) atoms. The van der Waals surface area contributed by atoms with Gasteiger partial charge in [0.2, 0.25) is 11.8 Å². The summed E-state index contributed by atoms with van der Waals surface area (Å²) in [5, 5.41) is 8.52. The lowest BCUT2D eigenvalue weighted by Gasteiger charge is -2.20. The molecule has 0 spiro atoms. The van der Waals surface area contributed by atoms with Crippen LogP contribution in [0, 0.1) is 0 Å². The normalized spacial score (nSPS) is 15.5. The molecule has 0 saturated heterocycles. The van der Waals surface area contributed by atoms with E-state index in [1.165, 1.54) is 30.6 Å². The van der Waals surface area contributed by atoms with Gasteiger partial charge in [0.15, 0.2) is 5.17 Å². The van der Waals surface area contributed by atoms with Crippen molar-refractivity contribution in [1.29, 1.82) is 0 Å². The maximum absolute atomic E-state index is 11.9. The van der Waals surface area contributed by atoms with Crippen molar-refractivity contribution in [3.63, 3.8) is 0 Å². The molecule has 9 heteroatoms. The number of carbonyl (C=O) groups is 2. The van der Waals surface area contributed by atoms with Crippen LogP contribution in [0.3, 0.4) is 0 Å². The Morgan fingerprint density at radius 3 is 2.53 bits per heavy atom. The van der Waals surface area contributed by atoms with E-state index in [2.05, 4.69) is 10.4 Å². The fourth-order valence-corrected chi connectivity index (χ4v) is 4.09. The van der Waals surface area contributed by atoms with Crippen LogP contribution in [0.1, 0.15) is 31.2 Å². The van der Waals surface area contributed by atoms with Crippen molar-refractivity contribution in [2.45, 2.75) is 25.6 Å². The summed E-state index contributed by atoms with van der Waals surface area (Å²) < 4.78 is 11.4. The summed E-state index contributed by atoms with van der Waals surface area (Å²) in [4.78, 5) is 23.2. The van der Waals surface area contributed by atoms with Crippen molar-refractivity contribution in [3.05, 3.63) is 59.1 Å². The summed E-state index contributed by atoms with van der Waals surface area (Å²) in [5.74, 6) is 0.900. The lowest BCUT2D eigenvalue weighted by molar-refractivity contribution is -0.129. The van der Waals surface area contributed by atoms with Gasteiger partial charge in [-0.05, 0) is 29.8 Å². The number of carbonyl (C=O) groups excluding carboxylic acids is 2. The second-order valence-corrected chi connectivity index (χ2v) is 7.95. The van der Waals surface area contributed by atoms with Gasteiger partial charge < -0.3 is 14.8 Å². The maximum Gasteiger partial charge on any atom is 0.241 e. The van der Waals surface area contributed by atoms with Crippen LogP contribution in [0.5, 0.6) is 11.5 Å². The van der Waals surface area contributed by atoms with Crippen LogP contribution < -0.4 is 14.8 Å². The van der Waals surface area contributed by atoms with E-state index in [4.69, 9.17) is 21.1 Å². The van der Waals surface area contributed by atoms with Crippen LogP contribution >= 0.6 is 23.4 Å². The Labute approximate surface area is 184 Å². The van der Waals surface area contributed by atoms with Crippen LogP contribution in [0.4, 0.5) is 0 Å². The van der Waals surface area contributed by atoms with Gasteiger partial charge in [-0.3, -0.25) is 9.59 Å². The standard InChI is InChI=1S/C21H22ClN3O4S/c1-14(26)23-21-24-25(15(2)27)20(30-21)16-9-10-19(18(22)13-16)29-12-6-11-28-17-7-4-3-5-8-17/h3-5,7-10,13,20H,6,11-12H2,1-2H3,(H,23,24,26)/t20-/m1/s1. The average Bonchev–Trinajstić information content (AvgIpc) is 3.13. The number of nitrogens with one attached hydrogen (secondary N) is 1. The Kier molecular flexibility index (Phi) is 7.59. The Hall–Kier alpha value is -2.71. The second kappa shape index (κ2) is 10.4. The number of amidine groups is 1. The minimum Gasteiger partial charge on any atom is -0.493 e. The summed E-state index contributed by atoms with van der Waals surface area (Å²) in [6.07, 6.45) is 0.706. The third kappa shape index (κ3) is 5.90. The van der Waals surface area contributed by atoms with E-state index in [-0.39, 0.29) is 11.8 Å². The first-order chi connectivity index (χ1) is 14.4. The molecule has 158 valence electrons. The van der Waals surface area contributed by atoms with Gasteiger partial charge in [-0.25, -0.2) is 5.01 Å². The highest BCUT2D eigenvalue weighted by Crippen LogP contribution is 2.40. The molecule has 3 rings (SSSR count). The van der Waals surface area contributed by atoms with Gasteiger partial charge in [0, 0.05) is 20.3 Å². The fraction of sp³-hybridized carbons (Fsp3) is 0.286. The molecule has 0 bridgehead atoms. The lowest BCUT2D eigenvalue weighted by Crippen LogP contribution is -2.25. The molecule has 1 aliphatic heterocycles. The molecule has 0 aromatic heterocycles. The molecule has 7 nitrogen and oxygen atoms in total.